The largest absolute Gasteiger partial charge is 0.416 e. The first-order valence-electron chi connectivity index (χ1n) is 7.73. The second kappa shape index (κ2) is 6.92. The van der Waals surface area contributed by atoms with Gasteiger partial charge in [0.25, 0.3) is 0 Å². The van der Waals surface area contributed by atoms with Gasteiger partial charge in [0.2, 0.25) is 0 Å². The van der Waals surface area contributed by atoms with Crippen molar-refractivity contribution in [3.63, 3.8) is 0 Å². The van der Waals surface area contributed by atoms with Gasteiger partial charge >= 0.3 is 12.4 Å². The van der Waals surface area contributed by atoms with Crippen LogP contribution in [-0.2, 0) is 12.4 Å². The van der Waals surface area contributed by atoms with Crippen LogP contribution in [0.4, 0.5) is 26.3 Å². The van der Waals surface area contributed by atoms with Crippen LogP contribution in [0, 0.1) is 0 Å². The minimum atomic E-state index is -4.81. The molecule has 8 heteroatoms. The number of rotatable bonds is 3. The van der Waals surface area contributed by atoms with E-state index in [0.717, 1.165) is 25.0 Å². The van der Waals surface area contributed by atoms with E-state index in [1.807, 2.05) is 11.9 Å². The number of benzene rings is 1. The van der Waals surface area contributed by atoms with Crippen LogP contribution in [0.15, 0.2) is 18.2 Å². The fraction of sp³-hybridized carbons (Fsp3) is 0.625. The maximum atomic E-state index is 12.9. The van der Waals surface area contributed by atoms with Gasteiger partial charge in [-0.2, -0.15) is 26.3 Å². The Morgan fingerprint density at radius 1 is 0.958 bits per heavy atom. The highest BCUT2D eigenvalue weighted by atomic mass is 19.4. The molecule has 0 radical (unpaired) electrons. The molecule has 1 fully saturated rings. The van der Waals surface area contributed by atoms with E-state index in [0.29, 0.717) is 19.1 Å². The molecule has 2 rings (SSSR count). The van der Waals surface area contributed by atoms with Gasteiger partial charge in [-0.25, -0.2) is 0 Å². The van der Waals surface area contributed by atoms with Crippen LogP contribution in [0.5, 0.6) is 0 Å². The summed E-state index contributed by atoms with van der Waals surface area (Å²) < 4.78 is 77.7. The first-order valence-corrected chi connectivity index (χ1v) is 7.73. The molecule has 1 heterocycles. The third-order valence-electron chi connectivity index (χ3n) is 4.58. The van der Waals surface area contributed by atoms with E-state index in [9.17, 15) is 26.3 Å². The molecule has 1 saturated heterocycles. The number of hydrogen-bond donors (Lipinski definition) is 1. The van der Waals surface area contributed by atoms with E-state index in [1.54, 1.807) is 6.92 Å². The molecule has 0 spiro atoms. The van der Waals surface area contributed by atoms with Gasteiger partial charge in [-0.05, 0) is 50.6 Å². The molecular formula is C16H20F6N2. The van der Waals surface area contributed by atoms with Crippen molar-refractivity contribution in [2.45, 2.75) is 44.2 Å². The van der Waals surface area contributed by atoms with Crippen molar-refractivity contribution < 1.29 is 26.3 Å². The van der Waals surface area contributed by atoms with Gasteiger partial charge in [-0.3, -0.25) is 4.90 Å². The highest BCUT2D eigenvalue weighted by Crippen LogP contribution is 2.38. The summed E-state index contributed by atoms with van der Waals surface area (Å²) in [6.45, 7) is 2.91. The SMILES string of the molecule is CNC1CCN(C(C)c2cc(C(F)(F)F)cc(C(F)(F)F)c2)CC1. The second-order valence-corrected chi connectivity index (χ2v) is 6.11. The zero-order valence-electron chi connectivity index (χ0n) is 13.4. The summed E-state index contributed by atoms with van der Waals surface area (Å²) >= 11 is 0. The molecule has 2 nitrogen and oxygen atoms in total. The number of nitrogens with one attached hydrogen (secondary N) is 1. The Morgan fingerprint density at radius 3 is 1.79 bits per heavy atom. The van der Waals surface area contributed by atoms with Crippen LogP contribution in [0.1, 0.15) is 42.5 Å². The Kier molecular flexibility index (Phi) is 5.49. The van der Waals surface area contributed by atoms with Crippen molar-refractivity contribution in [2.24, 2.45) is 0 Å². The topological polar surface area (TPSA) is 15.3 Å². The van der Waals surface area contributed by atoms with Gasteiger partial charge in [-0.15, -0.1) is 0 Å². The van der Waals surface area contributed by atoms with Gasteiger partial charge in [0.05, 0.1) is 11.1 Å². The normalized spacial score (nSPS) is 19.5. The fourth-order valence-electron chi connectivity index (χ4n) is 3.01. The molecule has 1 aliphatic rings. The number of likely N-dealkylation sites (tertiary alicyclic amines) is 1. The fourth-order valence-corrected chi connectivity index (χ4v) is 3.01. The van der Waals surface area contributed by atoms with Crippen molar-refractivity contribution in [3.05, 3.63) is 34.9 Å². The number of alkyl halides is 6. The lowest BCUT2D eigenvalue weighted by Gasteiger charge is -2.36. The molecule has 0 aliphatic carbocycles. The molecule has 0 aromatic heterocycles. The van der Waals surface area contributed by atoms with E-state index in [4.69, 9.17) is 0 Å². The summed E-state index contributed by atoms with van der Waals surface area (Å²) in [5.74, 6) is 0. The van der Waals surface area contributed by atoms with E-state index >= 15 is 0 Å². The van der Waals surface area contributed by atoms with Crippen LogP contribution in [-0.4, -0.2) is 31.1 Å². The maximum absolute atomic E-state index is 12.9. The molecule has 0 amide bonds. The molecule has 1 N–H and O–H groups in total. The third-order valence-corrected chi connectivity index (χ3v) is 4.58. The lowest BCUT2D eigenvalue weighted by molar-refractivity contribution is -0.143. The summed E-state index contributed by atoms with van der Waals surface area (Å²) in [5, 5.41) is 3.14. The molecule has 1 aromatic rings. The number of halogens is 6. The Balaban J connectivity index is 2.31. The minimum Gasteiger partial charge on any atom is -0.317 e. The predicted octanol–water partition coefficient (Wildman–Crippen LogP) is 4.47. The summed E-state index contributed by atoms with van der Waals surface area (Å²) in [7, 11) is 1.84. The van der Waals surface area contributed by atoms with Gasteiger partial charge in [0.1, 0.15) is 0 Å². The number of piperidine rings is 1. The van der Waals surface area contributed by atoms with Crippen LogP contribution >= 0.6 is 0 Å². The Morgan fingerprint density at radius 2 is 1.42 bits per heavy atom. The lowest BCUT2D eigenvalue weighted by Crippen LogP contribution is -2.42. The molecule has 24 heavy (non-hydrogen) atoms. The van der Waals surface area contributed by atoms with Gasteiger partial charge < -0.3 is 5.32 Å². The second-order valence-electron chi connectivity index (χ2n) is 6.11. The van der Waals surface area contributed by atoms with Crippen LogP contribution in [0.3, 0.4) is 0 Å². The number of nitrogens with zero attached hydrogens (tertiary/aromatic N) is 1. The van der Waals surface area contributed by atoms with Crippen LogP contribution < -0.4 is 5.32 Å². The van der Waals surface area contributed by atoms with Gasteiger partial charge in [-0.1, -0.05) is 0 Å². The molecule has 1 atom stereocenters. The molecule has 0 bridgehead atoms. The smallest absolute Gasteiger partial charge is 0.317 e. The Bertz CT molecular complexity index is 526. The van der Waals surface area contributed by atoms with Gasteiger partial charge in [0.15, 0.2) is 0 Å². The molecule has 1 aliphatic heterocycles. The van der Waals surface area contributed by atoms with Gasteiger partial charge in [0, 0.05) is 25.2 Å². The highest BCUT2D eigenvalue weighted by Gasteiger charge is 2.37. The van der Waals surface area contributed by atoms with Crippen molar-refractivity contribution >= 4 is 0 Å². The zero-order chi connectivity index (χ0) is 18.1. The van der Waals surface area contributed by atoms with E-state index in [2.05, 4.69) is 5.32 Å². The van der Waals surface area contributed by atoms with E-state index in [-0.39, 0.29) is 11.6 Å². The van der Waals surface area contributed by atoms with Crippen LogP contribution in [0.25, 0.3) is 0 Å². The average molecular weight is 354 g/mol. The van der Waals surface area contributed by atoms with Crippen LogP contribution in [0.2, 0.25) is 0 Å². The van der Waals surface area contributed by atoms with Crippen molar-refractivity contribution in [2.75, 3.05) is 20.1 Å². The minimum absolute atomic E-state index is 0.0417. The average Bonchev–Trinajstić information content (AvgIpc) is 2.52. The molecule has 1 unspecified atom stereocenters. The summed E-state index contributed by atoms with van der Waals surface area (Å²) in [4.78, 5) is 1.92. The standard InChI is InChI=1S/C16H20F6N2/c1-10(24-5-3-14(23-2)4-6-24)11-7-12(15(17,18)19)9-13(8-11)16(20,21)22/h7-10,14,23H,3-6H2,1-2H3. The first kappa shape index (κ1) is 19.1. The zero-order valence-corrected chi connectivity index (χ0v) is 13.4. The Labute approximate surface area is 136 Å². The summed E-state index contributed by atoms with van der Waals surface area (Å²) in [6, 6.07) is 1.64. The lowest BCUT2D eigenvalue weighted by atomic mass is 9.97. The monoisotopic (exact) mass is 354 g/mol. The molecule has 1 aromatic carbocycles. The van der Waals surface area contributed by atoms with E-state index in [1.165, 1.54) is 0 Å². The first-order chi connectivity index (χ1) is 11.0. The third kappa shape index (κ3) is 4.42. The van der Waals surface area contributed by atoms with E-state index < -0.39 is 29.5 Å². The summed E-state index contributed by atoms with van der Waals surface area (Å²) in [5.41, 5.74) is -2.48. The van der Waals surface area contributed by atoms with Crippen molar-refractivity contribution in [1.82, 2.24) is 10.2 Å². The maximum Gasteiger partial charge on any atom is 0.416 e. The molecule has 136 valence electrons. The summed E-state index contributed by atoms with van der Waals surface area (Å²) in [6.07, 6.45) is -8.00. The van der Waals surface area contributed by atoms with Crippen molar-refractivity contribution in [3.8, 4) is 0 Å². The molecule has 0 saturated carbocycles. The quantitative estimate of drug-likeness (QED) is 0.806. The molecular weight excluding hydrogens is 334 g/mol. The predicted molar refractivity (Wildman–Crippen MR) is 78.5 cm³/mol. The highest BCUT2D eigenvalue weighted by molar-refractivity contribution is 5.35. The Hall–Kier alpha value is -1.28. The number of hydrogen-bond acceptors (Lipinski definition) is 2. The van der Waals surface area contributed by atoms with Crippen molar-refractivity contribution in [1.29, 1.82) is 0 Å².